The Balaban J connectivity index is 2.62. The molecule has 0 spiro atoms. The van der Waals surface area contributed by atoms with Crippen LogP contribution in [0.25, 0.3) is 0 Å². The highest BCUT2D eigenvalue weighted by atomic mass is 16.5. The van der Waals surface area contributed by atoms with E-state index in [0.29, 0.717) is 13.1 Å². The molecule has 0 fully saturated rings. The van der Waals surface area contributed by atoms with Gasteiger partial charge in [-0.2, -0.15) is 5.26 Å². The van der Waals surface area contributed by atoms with Crippen LogP contribution in [0, 0.1) is 17.2 Å². The molecule has 0 saturated heterocycles. The molecule has 0 saturated carbocycles. The molecule has 92 valence electrons. The quantitative estimate of drug-likeness (QED) is 0.817. The van der Waals surface area contributed by atoms with Gasteiger partial charge in [-0.1, -0.05) is 6.07 Å². The number of nitriles is 1. The number of hydrogen-bond acceptors (Lipinski definition) is 4. The van der Waals surface area contributed by atoms with Crippen LogP contribution in [0.3, 0.4) is 0 Å². The zero-order valence-corrected chi connectivity index (χ0v) is 10.5. The monoisotopic (exact) mass is 234 g/mol. The largest absolute Gasteiger partial charge is 0.497 e. The fourth-order valence-corrected chi connectivity index (χ4v) is 1.47. The van der Waals surface area contributed by atoms with Gasteiger partial charge in [0.1, 0.15) is 11.5 Å². The van der Waals surface area contributed by atoms with Crippen molar-refractivity contribution in [3.63, 3.8) is 0 Å². The molecule has 0 radical (unpaired) electrons. The molecule has 4 nitrogen and oxygen atoms in total. The smallest absolute Gasteiger partial charge is 0.127 e. The molecule has 0 aliphatic rings. The summed E-state index contributed by atoms with van der Waals surface area (Å²) >= 11 is 0. The minimum absolute atomic E-state index is 0.0132. The van der Waals surface area contributed by atoms with Gasteiger partial charge >= 0.3 is 0 Å². The second-order valence-electron chi connectivity index (χ2n) is 3.84. The van der Waals surface area contributed by atoms with Crippen molar-refractivity contribution in [1.29, 1.82) is 5.26 Å². The van der Waals surface area contributed by atoms with Crippen molar-refractivity contribution in [2.24, 2.45) is 5.92 Å². The van der Waals surface area contributed by atoms with E-state index in [1.165, 1.54) is 0 Å². The van der Waals surface area contributed by atoms with Crippen LogP contribution in [0.2, 0.25) is 0 Å². The fourth-order valence-electron chi connectivity index (χ4n) is 1.47. The first-order chi connectivity index (χ1) is 8.21. The zero-order chi connectivity index (χ0) is 12.7. The van der Waals surface area contributed by atoms with Gasteiger partial charge in [0, 0.05) is 24.7 Å². The highest BCUT2D eigenvalue weighted by Crippen LogP contribution is 2.24. The summed E-state index contributed by atoms with van der Waals surface area (Å²) in [5, 5.41) is 11.9. The van der Waals surface area contributed by atoms with Crippen LogP contribution in [0.1, 0.15) is 12.5 Å². The fraction of sp³-hybridized carbons (Fsp3) is 0.462. The number of ether oxygens (including phenoxy) is 2. The Kier molecular flexibility index (Phi) is 5.31. The van der Waals surface area contributed by atoms with Crippen molar-refractivity contribution in [3.8, 4) is 17.6 Å². The minimum atomic E-state index is 0.0132. The minimum Gasteiger partial charge on any atom is -0.497 e. The number of nitrogens with zero attached hydrogens (tertiary/aromatic N) is 1. The first kappa shape index (κ1) is 13.3. The molecule has 0 aromatic heterocycles. The van der Waals surface area contributed by atoms with Crippen LogP contribution in [-0.2, 0) is 6.54 Å². The van der Waals surface area contributed by atoms with Crippen LogP contribution in [0.4, 0.5) is 0 Å². The number of hydrogen-bond donors (Lipinski definition) is 1. The molecule has 0 heterocycles. The SMILES string of the molecule is COc1ccc(CNCC(C)C#N)c(OC)c1. The summed E-state index contributed by atoms with van der Waals surface area (Å²) < 4.78 is 10.4. The summed E-state index contributed by atoms with van der Waals surface area (Å²) in [6.07, 6.45) is 0. The first-order valence-corrected chi connectivity index (χ1v) is 5.52. The number of methoxy groups -OCH3 is 2. The third-order valence-electron chi connectivity index (χ3n) is 2.48. The van der Waals surface area contributed by atoms with E-state index < -0.39 is 0 Å². The van der Waals surface area contributed by atoms with E-state index in [1.807, 2.05) is 25.1 Å². The molecule has 1 aromatic rings. The molecule has 1 rings (SSSR count). The van der Waals surface area contributed by atoms with Crippen LogP contribution >= 0.6 is 0 Å². The Bertz CT molecular complexity index is 399. The van der Waals surface area contributed by atoms with Gasteiger partial charge in [-0.25, -0.2) is 0 Å². The lowest BCUT2D eigenvalue weighted by molar-refractivity contribution is 0.389. The van der Waals surface area contributed by atoms with Gasteiger partial charge in [0.25, 0.3) is 0 Å². The average Bonchev–Trinajstić information content (AvgIpc) is 2.38. The van der Waals surface area contributed by atoms with Gasteiger partial charge in [0.05, 0.1) is 26.2 Å². The summed E-state index contributed by atoms with van der Waals surface area (Å²) in [5.74, 6) is 1.58. The van der Waals surface area contributed by atoms with E-state index in [-0.39, 0.29) is 5.92 Å². The van der Waals surface area contributed by atoms with Crippen LogP contribution in [0.15, 0.2) is 18.2 Å². The molecule has 0 aliphatic carbocycles. The third kappa shape index (κ3) is 3.97. The number of benzene rings is 1. The molecule has 0 amide bonds. The van der Waals surface area contributed by atoms with Gasteiger partial charge in [0.15, 0.2) is 0 Å². The second-order valence-corrected chi connectivity index (χ2v) is 3.84. The Morgan fingerprint density at radius 1 is 1.35 bits per heavy atom. The van der Waals surface area contributed by atoms with E-state index in [4.69, 9.17) is 14.7 Å². The van der Waals surface area contributed by atoms with Crippen molar-refractivity contribution < 1.29 is 9.47 Å². The molecular formula is C13H18N2O2. The van der Waals surface area contributed by atoms with Gasteiger partial charge < -0.3 is 14.8 Å². The van der Waals surface area contributed by atoms with Crippen molar-refractivity contribution in [3.05, 3.63) is 23.8 Å². The molecule has 0 bridgehead atoms. The van der Waals surface area contributed by atoms with Gasteiger partial charge in [-0.3, -0.25) is 0 Å². The van der Waals surface area contributed by atoms with Gasteiger partial charge in [-0.15, -0.1) is 0 Å². The lowest BCUT2D eigenvalue weighted by Crippen LogP contribution is -2.20. The maximum Gasteiger partial charge on any atom is 0.127 e. The summed E-state index contributed by atoms with van der Waals surface area (Å²) in [4.78, 5) is 0. The van der Waals surface area contributed by atoms with Crippen molar-refractivity contribution in [2.75, 3.05) is 20.8 Å². The third-order valence-corrected chi connectivity index (χ3v) is 2.48. The predicted octanol–water partition coefficient (Wildman–Crippen LogP) is 1.95. The molecular weight excluding hydrogens is 216 g/mol. The van der Waals surface area contributed by atoms with Crippen LogP contribution < -0.4 is 14.8 Å². The Hall–Kier alpha value is -1.73. The summed E-state index contributed by atoms with van der Waals surface area (Å²) in [5.41, 5.74) is 1.05. The van der Waals surface area contributed by atoms with E-state index >= 15 is 0 Å². The molecule has 17 heavy (non-hydrogen) atoms. The molecule has 1 N–H and O–H groups in total. The van der Waals surface area contributed by atoms with Crippen molar-refractivity contribution >= 4 is 0 Å². The Morgan fingerprint density at radius 3 is 2.71 bits per heavy atom. The lowest BCUT2D eigenvalue weighted by atomic mass is 10.1. The Morgan fingerprint density at radius 2 is 2.12 bits per heavy atom. The zero-order valence-electron chi connectivity index (χ0n) is 10.5. The Labute approximate surface area is 102 Å². The topological polar surface area (TPSA) is 54.3 Å². The van der Waals surface area contributed by atoms with Crippen molar-refractivity contribution in [2.45, 2.75) is 13.5 Å². The normalized spacial score (nSPS) is 11.6. The number of nitrogens with one attached hydrogen (secondary N) is 1. The molecule has 4 heteroatoms. The summed E-state index contributed by atoms with van der Waals surface area (Å²) in [6.45, 7) is 3.24. The van der Waals surface area contributed by atoms with E-state index in [0.717, 1.165) is 17.1 Å². The maximum absolute atomic E-state index is 8.67. The standard InChI is InChI=1S/C13H18N2O2/c1-10(7-14)8-15-9-11-4-5-12(16-2)6-13(11)17-3/h4-6,10,15H,8-9H2,1-3H3. The van der Waals surface area contributed by atoms with E-state index in [9.17, 15) is 0 Å². The molecule has 1 atom stereocenters. The second kappa shape index (κ2) is 6.77. The maximum atomic E-state index is 8.67. The molecule has 1 aromatic carbocycles. The highest BCUT2D eigenvalue weighted by Gasteiger charge is 2.05. The average molecular weight is 234 g/mol. The van der Waals surface area contributed by atoms with Crippen LogP contribution in [0.5, 0.6) is 11.5 Å². The highest BCUT2D eigenvalue weighted by molar-refractivity contribution is 5.40. The molecule has 0 aliphatic heterocycles. The lowest BCUT2D eigenvalue weighted by Gasteiger charge is -2.11. The first-order valence-electron chi connectivity index (χ1n) is 5.52. The van der Waals surface area contributed by atoms with Gasteiger partial charge in [0.2, 0.25) is 0 Å². The molecule has 1 unspecified atom stereocenters. The van der Waals surface area contributed by atoms with Gasteiger partial charge in [-0.05, 0) is 13.0 Å². The van der Waals surface area contributed by atoms with Crippen LogP contribution in [-0.4, -0.2) is 20.8 Å². The summed E-state index contributed by atoms with van der Waals surface area (Å²) in [6, 6.07) is 7.89. The predicted molar refractivity (Wildman–Crippen MR) is 66.0 cm³/mol. The summed E-state index contributed by atoms with van der Waals surface area (Å²) in [7, 11) is 3.26. The number of rotatable bonds is 6. The van der Waals surface area contributed by atoms with Crippen molar-refractivity contribution in [1.82, 2.24) is 5.32 Å². The van der Waals surface area contributed by atoms with E-state index in [1.54, 1.807) is 14.2 Å². The van der Waals surface area contributed by atoms with E-state index in [2.05, 4.69) is 11.4 Å².